The number of hydrogen-bond acceptors (Lipinski definition) is 0. The zero-order chi connectivity index (χ0) is 25.0. The smallest absolute Gasteiger partial charge is 0.00578 e. The lowest BCUT2D eigenvalue weighted by Crippen LogP contribution is -2.22. The molecular weight excluding hydrogens is 408 g/mol. The summed E-state index contributed by atoms with van der Waals surface area (Å²) in [5.41, 5.74) is 9.37. The van der Waals surface area contributed by atoms with Crippen molar-refractivity contribution in [2.45, 2.75) is 119 Å². The van der Waals surface area contributed by atoms with Crippen molar-refractivity contribution in [2.24, 2.45) is 23.2 Å². The SMILES string of the molecule is C=C(C)C[C@@H](C)c1ccc(C(CC(C)C)C2CCC(C)CC2)c(CC2=CC(C(C)(C)C)=CC2)c1. The second-order valence-corrected chi connectivity index (χ2v) is 13.4. The van der Waals surface area contributed by atoms with Crippen molar-refractivity contribution in [3.8, 4) is 0 Å². The monoisotopic (exact) mass is 460 g/mol. The first-order valence-corrected chi connectivity index (χ1v) is 14.1. The Morgan fingerprint density at radius 3 is 2.29 bits per heavy atom. The molecule has 1 saturated carbocycles. The molecular formula is C34H52. The van der Waals surface area contributed by atoms with Crippen molar-refractivity contribution in [1.29, 1.82) is 0 Å². The first kappa shape index (κ1) is 27.0. The third kappa shape index (κ3) is 7.22. The fourth-order valence-corrected chi connectivity index (χ4v) is 6.33. The van der Waals surface area contributed by atoms with Crippen molar-refractivity contribution in [3.05, 3.63) is 70.3 Å². The molecule has 0 amide bonds. The van der Waals surface area contributed by atoms with E-state index in [0.717, 1.165) is 37.0 Å². The highest BCUT2D eigenvalue weighted by Crippen LogP contribution is 2.44. The third-order valence-corrected chi connectivity index (χ3v) is 8.37. The molecule has 188 valence electrons. The molecule has 0 N–H and O–H groups in total. The van der Waals surface area contributed by atoms with E-state index in [1.807, 2.05) is 0 Å². The van der Waals surface area contributed by atoms with E-state index < -0.39 is 0 Å². The van der Waals surface area contributed by atoms with Crippen LogP contribution in [0, 0.1) is 23.2 Å². The van der Waals surface area contributed by atoms with E-state index in [-0.39, 0.29) is 5.41 Å². The molecule has 0 saturated heterocycles. The molecule has 1 aromatic carbocycles. The number of allylic oxidation sites excluding steroid dienone is 5. The molecule has 1 aromatic rings. The normalized spacial score (nSPS) is 23.0. The summed E-state index contributed by atoms with van der Waals surface area (Å²) >= 11 is 0. The first-order chi connectivity index (χ1) is 15.9. The maximum absolute atomic E-state index is 4.19. The molecule has 2 aliphatic carbocycles. The molecule has 34 heavy (non-hydrogen) atoms. The predicted molar refractivity (Wildman–Crippen MR) is 152 cm³/mol. The lowest BCUT2D eigenvalue weighted by molar-refractivity contribution is 0.235. The van der Waals surface area contributed by atoms with Gasteiger partial charge >= 0.3 is 0 Å². The van der Waals surface area contributed by atoms with E-state index in [0.29, 0.717) is 11.8 Å². The van der Waals surface area contributed by atoms with Crippen LogP contribution in [-0.2, 0) is 6.42 Å². The van der Waals surface area contributed by atoms with Gasteiger partial charge in [0.25, 0.3) is 0 Å². The molecule has 0 heterocycles. The minimum Gasteiger partial charge on any atom is -0.100 e. The van der Waals surface area contributed by atoms with Crippen LogP contribution < -0.4 is 0 Å². The van der Waals surface area contributed by atoms with Crippen LogP contribution in [0.25, 0.3) is 0 Å². The summed E-state index contributed by atoms with van der Waals surface area (Å²) in [6.45, 7) is 23.0. The Morgan fingerprint density at radius 2 is 1.74 bits per heavy atom. The first-order valence-electron chi connectivity index (χ1n) is 14.1. The predicted octanol–water partition coefficient (Wildman–Crippen LogP) is 10.6. The summed E-state index contributed by atoms with van der Waals surface area (Å²) in [6.07, 6.45) is 15.2. The van der Waals surface area contributed by atoms with Crippen LogP contribution >= 0.6 is 0 Å². The Morgan fingerprint density at radius 1 is 1.06 bits per heavy atom. The van der Waals surface area contributed by atoms with Crippen molar-refractivity contribution < 1.29 is 0 Å². The zero-order valence-corrected chi connectivity index (χ0v) is 23.6. The summed E-state index contributed by atoms with van der Waals surface area (Å²) in [5.74, 6) is 3.72. The van der Waals surface area contributed by atoms with E-state index in [2.05, 4.69) is 92.3 Å². The Kier molecular flexibility index (Phi) is 9.10. The minimum absolute atomic E-state index is 0.237. The van der Waals surface area contributed by atoms with Gasteiger partial charge in [-0.05, 0) is 103 Å². The largest absolute Gasteiger partial charge is 0.100 e. The lowest BCUT2D eigenvalue weighted by atomic mass is 9.70. The molecule has 0 heteroatoms. The molecule has 2 aliphatic rings. The summed E-state index contributed by atoms with van der Waals surface area (Å²) < 4.78 is 0. The van der Waals surface area contributed by atoms with Crippen molar-refractivity contribution in [1.82, 2.24) is 0 Å². The van der Waals surface area contributed by atoms with Gasteiger partial charge in [0.15, 0.2) is 0 Å². The second-order valence-electron chi connectivity index (χ2n) is 13.4. The van der Waals surface area contributed by atoms with Crippen LogP contribution in [0.5, 0.6) is 0 Å². The highest BCUT2D eigenvalue weighted by molar-refractivity contribution is 5.43. The molecule has 0 nitrogen and oxygen atoms in total. The summed E-state index contributed by atoms with van der Waals surface area (Å²) in [7, 11) is 0. The molecule has 0 spiro atoms. The van der Waals surface area contributed by atoms with E-state index in [4.69, 9.17) is 0 Å². The van der Waals surface area contributed by atoms with Crippen LogP contribution in [0.15, 0.2) is 53.6 Å². The quantitative estimate of drug-likeness (QED) is 0.321. The van der Waals surface area contributed by atoms with Crippen LogP contribution in [0.1, 0.15) is 129 Å². The third-order valence-electron chi connectivity index (χ3n) is 8.37. The Hall–Kier alpha value is -1.56. The highest BCUT2D eigenvalue weighted by atomic mass is 14.3. The molecule has 0 radical (unpaired) electrons. The summed E-state index contributed by atoms with van der Waals surface area (Å²) in [5, 5.41) is 0. The van der Waals surface area contributed by atoms with Gasteiger partial charge in [-0.1, -0.05) is 103 Å². The van der Waals surface area contributed by atoms with Crippen molar-refractivity contribution in [3.63, 3.8) is 0 Å². The Labute approximate surface area is 212 Å². The molecule has 0 bridgehead atoms. The zero-order valence-electron chi connectivity index (χ0n) is 23.6. The highest BCUT2D eigenvalue weighted by Gasteiger charge is 2.30. The Bertz CT molecular complexity index is 892. The van der Waals surface area contributed by atoms with Gasteiger partial charge in [-0.3, -0.25) is 0 Å². The van der Waals surface area contributed by atoms with E-state index in [1.165, 1.54) is 48.8 Å². The van der Waals surface area contributed by atoms with E-state index >= 15 is 0 Å². The van der Waals surface area contributed by atoms with Gasteiger partial charge in [0.2, 0.25) is 0 Å². The van der Waals surface area contributed by atoms with E-state index in [1.54, 1.807) is 16.7 Å². The Balaban J connectivity index is 1.97. The average Bonchev–Trinajstić information content (AvgIpc) is 3.21. The number of hydrogen-bond donors (Lipinski definition) is 0. The van der Waals surface area contributed by atoms with Gasteiger partial charge in [0.05, 0.1) is 0 Å². The topological polar surface area (TPSA) is 0 Å². The molecule has 1 fully saturated rings. The maximum Gasteiger partial charge on any atom is -0.00578 e. The van der Waals surface area contributed by atoms with Crippen molar-refractivity contribution in [2.75, 3.05) is 0 Å². The van der Waals surface area contributed by atoms with Crippen LogP contribution in [0.3, 0.4) is 0 Å². The molecule has 2 atom stereocenters. The van der Waals surface area contributed by atoms with Crippen LogP contribution in [0.2, 0.25) is 0 Å². The van der Waals surface area contributed by atoms with Gasteiger partial charge in [0, 0.05) is 0 Å². The van der Waals surface area contributed by atoms with Crippen molar-refractivity contribution >= 4 is 0 Å². The summed E-state index contributed by atoms with van der Waals surface area (Å²) in [6, 6.07) is 7.57. The van der Waals surface area contributed by atoms with Crippen LogP contribution in [0.4, 0.5) is 0 Å². The molecule has 0 aromatic heterocycles. The number of rotatable bonds is 9. The molecule has 0 aliphatic heterocycles. The lowest BCUT2D eigenvalue weighted by Gasteiger charge is -2.35. The minimum atomic E-state index is 0.237. The molecule has 3 rings (SSSR count). The van der Waals surface area contributed by atoms with Gasteiger partial charge in [-0.15, -0.1) is 6.58 Å². The average molecular weight is 461 g/mol. The van der Waals surface area contributed by atoms with Gasteiger partial charge in [0.1, 0.15) is 0 Å². The fraction of sp³-hybridized carbons (Fsp3) is 0.647. The van der Waals surface area contributed by atoms with E-state index in [9.17, 15) is 0 Å². The standard InChI is InChI=1S/C34H52/c1-23(2)18-26(6)29-15-17-32(33(19-24(3)4)28-13-10-25(5)11-14-28)30(22-29)20-27-12-16-31(21-27)34(7,8)9/h15-17,21-22,24-26,28,33H,1,10-14,18-20H2,2-9H3/t25?,26-,28?,33?/m1/s1. The van der Waals surface area contributed by atoms with Crippen LogP contribution in [-0.4, -0.2) is 0 Å². The number of benzene rings is 1. The molecule has 1 unspecified atom stereocenters. The summed E-state index contributed by atoms with van der Waals surface area (Å²) in [4.78, 5) is 0. The second kappa shape index (κ2) is 11.5. The van der Waals surface area contributed by atoms with Gasteiger partial charge < -0.3 is 0 Å². The van der Waals surface area contributed by atoms with Gasteiger partial charge in [-0.25, -0.2) is 0 Å². The fourth-order valence-electron chi connectivity index (χ4n) is 6.33. The maximum atomic E-state index is 4.19. The van der Waals surface area contributed by atoms with Gasteiger partial charge in [-0.2, -0.15) is 0 Å².